The van der Waals surface area contributed by atoms with Crippen molar-refractivity contribution < 1.29 is 18.7 Å². The van der Waals surface area contributed by atoms with E-state index >= 15 is 0 Å². The number of rotatable bonds is 3. The highest BCUT2D eigenvalue weighted by Gasteiger charge is 2.27. The van der Waals surface area contributed by atoms with Crippen LogP contribution in [0.1, 0.15) is 5.56 Å². The lowest BCUT2D eigenvalue weighted by Gasteiger charge is -2.24. The molecule has 1 N–H and O–H groups in total. The van der Waals surface area contributed by atoms with Crippen LogP contribution >= 0.6 is 11.6 Å². The second-order valence-electron chi connectivity index (χ2n) is 4.73. The maximum Gasteiger partial charge on any atom is 0.284 e. The van der Waals surface area contributed by atoms with Gasteiger partial charge in [-0.2, -0.15) is 5.10 Å². The Labute approximate surface area is 136 Å². The standard InChI is InChI=1S/C16H12ClFN2O3/c17-11-4-3-5-12(18)10(11)8-19-20-16(21)15-9-22-13-6-1-2-7-14(13)23-15/h1-8,15H,9H2,(H,20,21)/b19-8+. The Hall–Kier alpha value is -2.60. The normalized spacial score (nSPS) is 16.3. The monoisotopic (exact) mass is 334 g/mol. The van der Waals surface area contributed by atoms with Gasteiger partial charge >= 0.3 is 0 Å². The number of carbonyl (C=O) groups is 1. The molecule has 1 aliphatic rings. The van der Waals surface area contributed by atoms with Gasteiger partial charge in [0, 0.05) is 5.56 Å². The van der Waals surface area contributed by atoms with Crippen molar-refractivity contribution in [2.24, 2.45) is 5.10 Å². The molecule has 23 heavy (non-hydrogen) atoms. The van der Waals surface area contributed by atoms with Crippen molar-refractivity contribution >= 4 is 23.7 Å². The van der Waals surface area contributed by atoms with Crippen molar-refractivity contribution in [3.8, 4) is 11.5 Å². The minimum atomic E-state index is -0.835. The van der Waals surface area contributed by atoms with Crippen LogP contribution in [0.3, 0.4) is 0 Å². The lowest BCUT2D eigenvalue weighted by molar-refractivity contribution is -0.130. The van der Waals surface area contributed by atoms with E-state index in [9.17, 15) is 9.18 Å². The molecule has 0 bridgehead atoms. The molecule has 1 heterocycles. The molecule has 7 heteroatoms. The van der Waals surface area contributed by atoms with Gasteiger partial charge in [0.05, 0.1) is 11.2 Å². The van der Waals surface area contributed by atoms with Gasteiger partial charge in [0.15, 0.2) is 11.5 Å². The zero-order valence-corrected chi connectivity index (χ0v) is 12.6. The van der Waals surface area contributed by atoms with Crippen LogP contribution in [-0.4, -0.2) is 24.8 Å². The van der Waals surface area contributed by atoms with Crippen LogP contribution in [0.25, 0.3) is 0 Å². The molecule has 1 atom stereocenters. The van der Waals surface area contributed by atoms with Gasteiger partial charge in [-0.05, 0) is 24.3 Å². The molecule has 1 aliphatic heterocycles. The van der Waals surface area contributed by atoms with Gasteiger partial charge in [-0.15, -0.1) is 0 Å². The Morgan fingerprint density at radius 3 is 2.83 bits per heavy atom. The molecule has 0 spiro atoms. The number of hydrogen-bond acceptors (Lipinski definition) is 4. The maximum absolute atomic E-state index is 13.6. The Balaban J connectivity index is 1.63. The second kappa shape index (κ2) is 6.66. The van der Waals surface area contributed by atoms with Crippen molar-refractivity contribution in [1.82, 2.24) is 5.43 Å². The summed E-state index contributed by atoms with van der Waals surface area (Å²) in [4.78, 5) is 12.0. The summed E-state index contributed by atoms with van der Waals surface area (Å²) in [6.07, 6.45) is 0.311. The molecule has 2 aromatic rings. The molecule has 1 amide bonds. The lowest BCUT2D eigenvalue weighted by Crippen LogP contribution is -2.42. The summed E-state index contributed by atoms with van der Waals surface area (Å²) in [5.74, 6) is 0.0445. The smallest absolute Gasteiger partial charge is 0.284 e. The highest BCUT2D eigenvalue weighted by molar-refractivity contribution is 6.33. The largest absolute Gasteiger partial charge is 0.485 e. The SMILES string of the molecule is O=C(N/N=C/c1c(F)cccc1Cl)C1COc2ccccc2O1. The van der Waals surface area contributed by atoms with Crippen molar-refractivity contribution in [3.05, 3.63) is 58.9 Å². The van der Waals surface area contributed by atoms with E-state index in [1.54, 1.807) is 18.2 Å². The number of para-hydroxylation sites is 2. The zero-order valence-electron chi connectivity index (χ0n) is 11.8. The first-order chi connectivity index (χ1) is 11.1. The highest BCUT2D eigenvalue weighted by atomic mass is 35.5. The minimum absolute atomic E-state index is 0.0683. The van der Waals surface area contributed by atoms with Crippen molar-refractivity contribution in [2.45, 2.75) is 6.10 Å². The molecule has 0 fully saturated rings. The van der Waals surface area contributed by atoms with Gasteiger partial charge in [0.2, 0.25) is 6.10 Å². The van der Waals surface area contributed by atoms with Crippen LogP contribution in [0.15, 0.2) is 47.6 Å². The summed E-state index contributed by atoms with van der Waals surface area (Å²) in [7, 11) is 0. The van der Waals surface area contributed by atoms with Crippen LogP contribution in [-0.2, 0) is 4.79 Å². The van der Waals surface area contributed by atoms with Gasteiger partial charge in [-0.1, -0.05) is 29.8 Å². The van der Waals surface area contributed by atoms with Crippen molar-refractivity contribution in [2.75, 3.05) is 6.61 Å². The summed E-state index contributed by atoms with van der Waals surface area (Å²) in [5, 5.41) is 3.91. The number of hydrazone groups is 1. The van der Waals surface area contributed by atoms with Gasteiger partial charge in [-0.3, -0.25) is 4.79 Å². The number of carbonyl (C=O) groups excluding carboxylic acids is 1. The van der Waals surface area contributed by atoms with Crippen LogP contribution in [0.2, 0.25) is 5.02 Å². The van der Waals surface area contributed by atoms with Gasteiger partial charge in [-0.25, -0.2) is 9.82 Å². The Morgan fingerprint density at radius 1 is 1.26 bits per heavy atom. The predicted molar refractivity (Wildman–Crippen MR) is 83.5 cm³/mol. The van der Waals surface area contributed by atoms with E-state index in [1.165, 1.54) is 18.2 Å². The first-order valence-corrected chi connectivity index (χ1v) is 7.18. The third kappa shape index (κ3) is 3.43. The van der Waals surface area contributed by atoms with Crippen LogP contribution in [0, 0.1) is 5.82 Å². The highest BCUT2D eigenvalue weighted by Crippen LogP contribution is 2.30. The molecule has 1 unspecified atom stereocenters. The second-order valence-corrected chi connectivity index (χ2v) is 5.14. The third-order valence-electron chi connectivity index (χ3n) is 3.17. The molecule has 0 aromatic heterocycles. The van der Waals surface area contributed by atoms with E-state index in [0.717, 1.165) is 6.21 Å². The topological polar surface area (TPSA) is 59.9 Å². The van der Waals surface area contributed by atoms with Gasteiger partial charge in [0.1, 0.15) is 12.4 Å². The van der Waals surface area contributed by atoms with Gasteiger partial charge in [0.25, 0.3) is 5.91 Å². The number of benzene rings is 2. The number of fused-ring (bicyclic) bond motifs is 1. The molecule has 3 rings (SSSR count). The quantitative estimate of drug-likeness (QED) is 0.693. The Kier molecular flexibility index (Phi) is 4.43. The zero-order chi connectivity index (χ0) is 16.2. The maximum atomic E-state index is 13.6. The Bertz CT molecular complexity index is 746. The third-order valence-corrected chi connectivity index (χ3v) is 3.50. The molecule has 0 aliphatic carbocycles. The molecular weight excluding hydrogens is 323 g/mol. The first kappa shape index (κ1) is 15.3. The van der Waals surface area contributed by atoms with E-state index in [0.29, 0.717) is 11.5 Å². The average molecular weight is 335 g/mol. The molecular formula is C16H12ClFN2O3. The fourth-order valence-electron chi connectivity index (χ4n) is 2.02. The average Bonchev–Trinajstić information content (AvgIpc) is 2.57. The summed E-state index contributed by atoms with van der Waals surface area (Å²) in [5.41, 5.74) is 2.38. The summed E-state index contributed by atoms with van der Waals surface area (Å²) >= 11 is 5.86. The van der Waals surface area contributed by atoms with E-state index in [4.69, 9.17) is 21.1 Å². The first-order valence-electron chi connectivity index (χ1n) is 6.80. The summed E-state index contributed by atoms with van der Waals surface area (Å²) in [6.45, 7) is 0.0683. The molecule has 0 saturated heterocycles. The molecule has 118 valence electrons. The van der Waals surface area contributed by atoms with Crippen molar-refractivity contribution in [1.29, 1.82) is 0 Å². The molecule has 2 aromatic carbocycles. The van der Waals surface area contributed by atoms with E-state index in [1.807, 2.05) is 6.07 Å². The number of nitrogens with zero attached hydrogens (tertiary/aromatic N) is 1. The van der Waals surface area contributed by atoms with E-state index in [-0.39, 0.29) is 17.2 Å². The van der Waals surface area contributed by atoms with Crippen molar-refractivity contribution in [3.63, 3.8) is 0 Å². The fraction of sp³-hybridized carbons (Fsp3) is 0.125. The fourth-order valence-corrected chi connectivity index (χ4v) is 2.23. The molecule has 0 radical (unpaired) electrons. The number of ether oxygens (including phenoxy) is 2. The molecule has 0 saturated carbocycles. The van der Waals surface area contributed by atoms with Gasteiger partial charge < -0.3 is 9.47 Å². The molecule has 5 nitrogen and oxygen atoms in total. The number of amides is 1. The summed E-state index contributed by atoms with van der Waals surface area (Å²) in [6, 6.07) is 11.3. The van der Waals surface area contributed by atoms with E-state index < -0.39 is 17.8 Å². The predicted octanol–water partition coefficient (Wildman–Crippen LogP) is 2.77. The van der Waals surface area contributed by atoms with Crippen LogP contribution in [0.5, 0.6) is 11.5 Å². The van der Waals surface area contributed by atoms with E-state index in [2.05, 4.69) is 10.5 Å². The number of nitrogens with one attached hydrogen (secondary N) is 1. The number of hydrogen-bond donors (Lipinski definition) is 1. The Morgan fingerprint density at radius 2 is 2.04 bits per heavy atom. The minimum Gasteiger partial charge on any atom is -0.485 e. The van der Waals surface area contributed by atoms with Crippen LogP contribution in [0.4, 0.5) is 4.39 Å². The number of halogens is 2. The summed E-state index contributed by atoms with van der Waals surface area (Å²) < 4.78 is 24.5. The lowest BCUT2D eigenvalue weighted by atomic mass is 10.2. The van der Waals surface area contributed by atoms with Crippen LogP contribution < -0.4 is 14.9 Å².